The van der Waals surface area contributed by atoms with E-state index in [0.717, 1.165) is 32.0 Å². The fourth-order valence-corrected chi connectivity index (χ4v) is 2.33. The molecule has 2 unspecified atom stereocenters. The van der Waals surface area contributed by atoms with E-state index in [1.165, 1.54) is 0 Å². The van der Waals surface area contributed by atoms with Crippen LogP contribution >= 0.6 is 0 Å². The molecule has 0 aromatic rings. The van der Waals surface area contributed by atoms with E-state index < -0.39 is 0 Å². The van der Waals surface area contributed by atoms with Gasteiger partial charge < -0.3 is 24.8 Å². The second kappa shape index (κ2) is 7.07. The normalized spacial score (nSPS) is 32.3. The minimum absolute atomic E-state index is 0.0674. The van der Waals surface area contributed by atoms with Crippen molar-refractivity contribution in [2.24, 2.45) is 4.99 Å². The monoisotopic (exact) mass is 271 g/mol. The Morgan fingerprint density at radius 1 is 1.32 bits per heavy atom. The third-order valence-electron chi connectivity index (χ3n) is 3.54. The molecule has 2 N–H and O–H groups in total. The van der Waals surface area contributed by atoms with Crippen LogP contribution in [0, 0.1) is 0 Å². The lowest BCUT2D eigenvalue weighted by Gasteiger charge is -2.26. The highest BCUT2D eigenvalue weighted by atomic mass is 16.6. The molecule has 0 saturated carbocycles. The molecular formula is C13H25N3O3. The molecular weight excluding hydrogens is 246 g/mol. The Morgan fingerprint density at radius 2 is 2.21 bits per heavy atom. The standard InChI is InChI=1S/C13H25N3O3/c1-13(4-3-5-19-13)10-16-12(14-2)15-8-11-9-17-6-7-18-11/h11H,3-10H2,1-2H3,(H2,14,15,16). The van der Waals surface area contributed by atoms with E-state index in [4.69, 9.17) is 14.2 Å². The Balaban J connectivity index is 1.68. The molecule has 2 saturated heterocycles. The van der Waals surface area contributed by atoms with E-state index in [-0.39, 0.29) is 11.7 Å². The molecule has 2 aliphatic rings. The van der Waals surface area contributed by atoms with Crippen molar-refractivity contribution in [3.05, 3.63) is 0 Å². The summed E-state index contributed by atoms with van der Waals surface area (Å²) in [5.41, 5.74) is -0.0674. The Labute approximate surface area is 114 Å². The van der Waals surface area contributed by atoms with Crippen molar-refractivity contribution in [1.29, 1.82) is 0 Å². The topological polar surface area (TPSA) is 64.1 Å². The number of ether oxygens (including phenoxy) is 3. The van der Waals surface area contributed by atoms with Crippen LogP contribution < -0.4 is 10.6 Å². The molecule has 0 bridgehead atoms. The maximum atomic E-state index is 5.74. The molecule has 2 aliphatic heterocycles. The number of nitrogens with one attached hydrogen (secondary N) is 2. The predicted molar refractivity (Wildman–Crippen MR) is 73.5 cm³/mol. The van der Waals surface area contributed by atoms with Crippen LogP contribution in [0.15, 0.2) is 4.99 Å². The molecule has 2 rings (SSSR count). The van der Waals surface area contributed by atoms with E-state index in [9.17, 15) is 0 Å². The molecule has 110 valence electrons. The Morgan fingerprint density at radius 3 is 2.84 bits per heavy atom. The third kappa shape index (κ3) is 4.63. The number of aliphatic imine (C=N–C) groups is 1. The van der Waals surface area contributed by atoms with Crippen molar-refractivity contribution in [3.63, 3.8) is 0 Å². The predicted octanol–water partition coefficient (Wildman–Crippen LogP) is 0.136. The molecule has 6 heteroatoms. The summed E-state index contributed by atoms with van der Waals surface area (Å²) in [6.07, 6.45) is 2.33. The third-order valence-corrected chi connectivity index (χ3v) is 3.54. The van der Waals surface area contributed by atoms with Gasteiger partial charge >= 0.3 is 0 Å². The second-order valence-corrected chi connectivity index (χ2v) is 5.28. The lowest BCUT2D eigenvalue weighted by atomic mass is 10.0. The second-order valence-electron chi connectivity index (χ2n) is 5.28. The molecule has 2 fully saturated rings. The summed E-state index contributed by atoms with van der Waals surface area (Å²) in [5, 5.41) is 6.57. The summed E-state index contributed by atoms with van der Waals surface area (Å²) in [7, 11) is 1.77. The quantitative estimate of drug-likeness (QED) is 0.562. The van der Waals surface area contributed by atoms with Crippen LogP contribution in [-0.4, -0.2) is 64.2 Å². The fourth-order valence-electron chi connectivity index (χ4n) is 2.33. The van der Waals surface area contributed by atoms with Crippen molar-refractivity contribution in [2.75, 3.05) is 46.6 Å². The summed E-state index contributed by atoms with van der Waals surface area (Å²) < 4.78 is 16.7. The molecule has 0 aromatic carbocycles. The van der Waals surface area contributed by atoms with Gasteiger partial charge in [0.25, 0.3) is 0 Å². The lowest BCUT2D eigenvalue weighted by Crippen LogP contribution is -2.48. The van der Waals surface area contributed by atoms with Gasteiger partial charge in [-0.3, -0.25) is 4.99 Å². The van der Waals surface area contributed by atoms with Gasteiger partial charge in [0.1, 0.15) is 0 Å². The number of hydrogen-bond donors (Lipinski definition) is 2. The van der Waals surface area contributed by atoms with Crippen LogP contribution in [0.25, 0.3) is 0 Å². The Bertz CT molecular complexity index is 298. The van der Waals surface area contributed by atoms with Crippen LogP contribution in [-0.2, 0) is 14.2 Å². The number of guanidine groups is 1. The smallest absolute Gasteiger partial charge is 0.191 e. The molecule has 6 nitrogen and oxygen atoms in total. The van der Waals surface area contributed by atoms with Crippen LogP contribution in [0.4, 0.5) is 0 Å². The minimum atomic E-state index is -0.0674. The van der Waals surface area contributed by atoms with E-state index in [0.29, 0.717) is 26.4 Å². The van der Waals surface area contributed by atoms with Crippen LogP contribution in [0.1, 0.15) is 19.8 Å². The average molecular weight is 271 g/mol. The van der Waals surface area contributed by atoms with E-state index in [2.05, 4.69) is 22.5 Å². The minimum Gasteiger partial charge on any atom is -0.376 e. The van der Waals surface area contributed by atoms with Crippen LogP contribution in [0.2, 0.25) is 0 Å². The molecule has 2 atom stereocenters. The zero-order valence-corrected chi connectivity index (χ0v) is 11.9. The summed E-state index contributed by atoms with van der Waals surface area (Å²) in [6, 6.07) is 0. The van der Waals surface area contributed by atoms with Gasteiger partial charge in [-0.1, -0.05) is 0 Å². The van der Waals surface area contributed by atoms with Gasteiger partial charge in [0.15, 0.2) is 5.96 Å². The summed E-state index contributed by atoms with van der Waals surface area (Å²) in [5.74, 6) is 0.783. The van der Waals surface area contributed by atoms with Crippen molar-refractivity contribution >= 4 is 5.96 Å². The first-order chi connectivity index (χ1) is 9.22. The molecule has 0 aromatic heterocycles. The highest BCUT2D eigenvalue weighted by Crippen LogP contribution is 2.23. The first-order valence-corrected chi connectivity index (χ1v) is 7.00. The lowest BCUT2D eigenvalue weighted by molar-refractivity contribution is -0.0850. The van der Waals surface area contributed by atoms with E-state index >= 15 is 0 Å². The summed E-state index contributed by atoms with van der Waals surface area (Å²) >= 11 is 0. The maximum Gasteiger partial charge on any atom is 0.191 e. The molecule has 0 radical (unpaired) electrons. The summed E-state index contributed by atoms with van der Waals surface area (Å²) in [4.78, 5) is 4.21. The van der Waals surface area contributed by atoms with Gasteiger partial charge in [-0.2, -0.15) is 0 Å². The average Bonchev–Trinajstić information content (AvgIpc) is 2.87. The molecule has 0 aliphatic carbocycles. The van der Waals surface area contributed by atoms with Gasteiger partial charge in [-0.05, 0) is 19.8 Å². The summed E-state index contributed by atoms with van der Waals surface area (Å²) in [6.45, 7) is 6.48. The largest absolute Gasteiger partial charge is 0.376 e. The van der Waals surface area contributed by atoms with Gasteiger partial charge in [-0.25, -0.2) is 0 Å². The van der Waals surface area contributed by atoms with E-state index in [1.807, 2.05) is 0 Å². The zero-order valence-electron chi connectivity index (χ0n) is 11.9. The first-order valence-electron chi connectivity index (χ1n) is 7.00. The molecule has 2 heterocycles. The van der Waals surface area contributed by atoms with Gasteiger partial charge in [0.05, 0.1) is 31.5 Å². The Kier molecular flexibility index (Phi) is 5.42. The zero-order chi connectivity index (χ0) is 13.6. The molecule has 0 amide bonds. The van der Waals surface area contributed by atoms with Gasteiger partial charge in [-0.15, -0.1) is 0 Å². The van der Waals surface area contributed by atoms with Crippen molar-refractivity contribution < 1.29 is 14.2 Å². The van der Waals surface area contributed by atoms with Crippen LogP contribution in [0.3, 0.4) is 0 Å². The van der Waals surface area contributed by atoms with Crippen molar-refractivity contribution in [2.45, 2.75) is 31.5 Å². The number of rotatable bonds is 4. The molecule has 19 heavy (non-hydrogen) atoms. The number of nitrogens with zero attached hydrogens (tertiary/aromatic N) is 1. The van der Waals surface area contributed by atoms with Crippen LogP contribution in [0.5, 0.6) is 0 Å². The highest BCUT2D eigenvalue weighted by Gasteiger charge is 2.29. The maximum absolute atomic E-state index is 5.74. The van der Waals surface area contributed by atoms with E-state index in [1.54, 1.807) is 7.05 Å². The molecule has 0 spiro atoms. The fraction of sp³-hybridized carbons (Fsp3) is 0.923. The Hall–Kier alpha value is -0.850. The highest BCUT2D eigenvalue weighted by molar-refractivity contribution is 5.79. The SMILES string of the molecule is CN=C(NCC1COCCO1)NCC1(C)CCCO1. The first kappa shape index (κ1) is 14.6. The van der Waals surface area contributed by atoms with Gasteiger partial charge in [0.2, 0.25) is 0 Å². The van der Waals surface area contributed by atoms with Crippen molar-refractivity contribution in [1.82, 2.24) is 10.6 Å². The number of hydrogen-bond acceptors (Lipinski definition) is 4. The van der Waals surface area contributed by atoms with Gasteiger partial charge in [0, 0.05) is 26.7 Å². The van der Waals surface area contributed by atoms with Crippen molar-refractivity contribution in [3.8, 4) is 0 Å².